The first kappa shape index (κ1) is 16.5. The van der Waals surface area contributed by atoms with E-state index in [1.807, 2.05) is 19.0 Å². The predicted molar refractivity (Wildman–Crippen MR) is 80.8 cm³/mol. The summed E-state index contributed by atoms with van der Waals surface area (Å²) in [6.45, 7) is 1.46. The Morgan fingerprint density at radius 1 is 1.35 bits per heavy atom. The second-order valence-electron chi connectivity index (χ2n) is 4.57. The van der Waals surface area contributed by atoms with Crippen molar-refractivity contribution in [3.8, 4) is 0 Å². The first-order valence-corrected chi connectivity index (χ1v) is 7.37. The summed E-state index contributed by atoms with van der Waals surface area (Å²) in [7, 11) is 3.91. The number of nitrogens with zero attached hydrogens (tertiary/aromatic N) is 2. The van der Waals surface area contributed by atoms with Crippen molar-refractivity contribution >= 4 is 23.4 Å². The highest BCUT2D eigenvalue weighted by Crippen LogP contribution is 2.16. The average molecular weight is 297 g/mol. The Morgan fingerprint density at radius 2 is 2.00 bits per heavy atom. The van der Waals surface area contributed by atoms with Gasteiger partial charge in [-0.05, 0) is 19.7 Å². The van der Waals surface area contributed by atoms with Gasteiger partial charge in [-0.3, -0.25) is 14.9 Å². The van der Waals surface area contributed by atoms with E-state index in [0.717, 1.165) is 12.1 Å². The molecule has 1 aromatic rings. The number of amides is 1. The van der Waals surface area contributed by atoms with E-state index in [1.54, 1.807) is 12.1 Å². The standard InChI is InChI=1S/C13H19N3O3S/c1-15(2)8-7-14-13(17)10-20-9-11-3-5-12(6-4-11)16(18)19/h3-6H,7-10H2,1-2H3,(H,14,17). The molecule has 1 amide bonds. The molecule has 0 atom stereocenters. The SMILES string of the molecule is CN(C)CCNC(=O)CSCc1ccc([N+](=O)[O-])cc1. The predicted octanol–water partition coefficient (Wildman–Crippen LogP) is 1.51. The number of nitro benzene ring substituents is 1. The molecule has 0 fully saturated rings. The van der Waals surface area contributed by atoms with Gasteiger partial charge in [-0.25, -0.2) is 0 Å². The van der Waals surface area contributed by atoms with Crippen molar-refractivity contribution in [2.75, 3.05) is 32.9 Å². The molecule has 0 spiro atoms. The maximum absolute atomic E-state index is 11.5. The number of carbonyl (C=O) groups is 1. The zero-order chi connectivity index (χ0) is 15.0. The van der Waals surface area contributed by atoms with Crippen molar-refractivity contribution in [3.63, 3.8) is 0 Å². The van der Waals surface area contributed by atoms with E-state index in [-0.39, 0.29) is 11.6 Å². The van der Waals surface area contributed by atoms with Crippen LogP contribution in [-0.2, 0) is 10.5 Å². The molecule has 1 aromatic carbocycles. The Morgan fingerprint density at radius 3 is 2.55 bits per heavy atom. The van der Waals surface area contributed by atoms with Gasteiger partial charge in [-0.15, -0.1) is 11.8 Å². The summed E-state index contributed by atoms with van der Waals surface area (Å²) < 4.78 is 0. The first-order valence-electron chi connectivity index (χ1n) is 6.21. The number of nitro groups is 1. The van der Waals surface area contributed by atoms with Crippen molar-refractivity contribution in [1.82, 2.24) is 10.2 Å². The van der Waals surface area contributed by atoms with Crippen LogP contribution in [0.25, 0.3) is 0 Å². The molecule has 110 valence electrons. The molecule has 20 heavy (non-hydrogen) atoms. The van der Waals surface area contributed by atoms with E-state index in [9.17, 15) is 14.9 Å². The molecule has 0 radical (unpaired) electrons. The number of nitrogens with one attached hydrogen (secondary N) is 1. The van der Waals surface area contributed by atoms with E-state index in [2.05, 4.69) is 5.32 Å². The summed E-state index contributed by atoms with van der Waals surface area (Å²) in [5.41, 5.74) is 1.06. The fourth-order valence-corrected chi connectivity index (χ4v) is 2.26. The summed E-state index contributed by atoms with van der Waals surface area (Å²) >= 11 is 1.49. The number of non-ortho nitro benzene ring substituents is 1. The summed E-state index contributed by atoms with van der Waals surface area (Å²) in [5.74, 6) is 1.07. The zero-order valence-corrected chi connectivity index (χ0v) is 12.5. The lowest BCUT2D eigenvalue weighted by molar-refractivity contribution is -0.384. The van der Waals surface area contributed by atoms with Gasteiger partial charge in [0.2, 0.25) is 5.91 Å². The molecule has 0 aliphatic rings. The van der Waals surface area contributed by atoms with Gasteiger partial charge in [0.15, 0.2) is 0 Å². The third-order valence-corrected chi connectivity index (χ3v) is 3.53. The van der Waals surface area contributed by atoms with Crippen LogP contribution in [0.5, 0.6) is 0 Å². The van der Waals surface area contributed by atoms with Crippen LogP contribution in [0.3, 0.4) is 0 Å². The molecule has 0 aliphatic carbocycles. The Bertz CT molecular complexity index is 449. The smallest absolute Gasteiger partial charge is 0.269 e. The van der Waals surface area contributed by atoms with Crippen LogP contribution < -0.4 is 5.32 Å². The normalized spacial score (nSPS) is 10.6. The van der Waals surface area contributed by atoms with Gasteiger partial charge in [0.05, 0.1) is 10.7 Å². The lowest BCUT2D eigenvalue weighted by Gasteiger charge is -2.10. The molecule has 6 nitrogen and oxygen atoms in total. The van der Waals surface area contributed by atoms with Crippen LogP contribution in [-0.4, -0.2) is 48.7 Å². The third-order valence-electron chi connectivity index (χ3n) is 2.53. The highest BCUT2D eigenvalue weighted by molar-refractivity contribution is 7.99. The number of likely N-dealkylation sites (N-methyl/N-ethyl adjacent to an activating group) is 1. The fraction of sp³-hybridized carbons (Fsp3) is 0.462. The lowest BCUT2D eigenvalue weighted by atomic mass is 10.2. The summed E-state index contributed by atoms with van der Waals surface area (Å²) in [6, 6.07) is 6.39. The number of benzene rings is 1. The fourth-order valence-electron chi connectivity index (χ4n) is 1.45. The highest BCUT2D eigenvalue weighted by Gasteiger charge is 2.05. The third kappa shape index (κ3) is 6.53. The second kappa shape index (κ2) is 8.55. The van der Waals surface area contributed by atoms with Crippen molar-refractivity contribution in [1.29, 1.82) is 0 Å². The van der Waals surface area contributed by atoms with Gasteiger partial charge in [-0.1, -0.05) is 12.1 Å². The first-order chi connectivity index (χ1) is 9.49. The van der Waals surface area contributed by atoms with E-state index < -0.39 is 4.92 Å². The summed E-state index contributed by atoms with van der Waals surface area (Å²) in [6.07, 6.45) is 0. The topological polar surface area (TPSA) is 75.5 Å². The van der Waals surface area contributed by atoms with Crippen molar-refractivity contribution in [2.24, 2.45) is 0 Å². The van der Waals surface area contributed by atoms with Gasteiger partial charge in [0.25, 0.3) is 5.69 Å². The van der Waals surface area contributed by atoms with Crippen LogP contribution in [0.1, 0.15) is 5.56 Å². The zero-order valence-electron chi connectivity index (χ0n) is 11.7. The summed E-state index contributed by atoms with van der Waals surface area (Å²) in [4.78, 5) is 23.6. The molecule has 0 unspecified atom stereocenters. The van der Waals surface area contributed by atoms with Gasteiger partial charge in [0.1, 0.15) is 0 Å². The minimum Gasteiger partial charge on any atom is -0.354 e. The van der Waals surface area contributed by atoms with E-state index >= 15 is 0 Å². The maximum Gasteiger partial charge on any atom is 0.269 e. The highest BCUT2D eigenvalue weighted by atomic mass is 32.2. The van der Waals surface area contributed by atoms with Crippen LogP contribution in [0.4, 0.5) is 5.69 Å². The monoisotopic (exact) mass is 297 g/mol. The summed E-state index contributed by atoms with van der Waals surface area (Å²) in [5, 5.41) is 13.3. The molecule has 0 bridgehead atoms. The number of rotatable bonds is 8. The van der Waals surface area contributed by atoms with Crippen LogP contribution >= 0.6 is 11.8 Å². The number of hydrogen-bond acceptors (Lipinski definition) is 5. The van der Waals surface area contributed by atoms with Crippen LogP contribution in [0, 0.1) is 10.1 Å². The molecular weight excluding hydrogens is 278 g/mol. The van der Waals surface area contributed by atoms with Crippen LogP contribution in [0.2, 0.25) is 0 Å². The van der Waals surface area contributed by atoms with Crippen molar-refractivity contribution < 1.29 is 9.72 Å². The maximum atomic E-state index is 11.5. The Kier molecular flexibility index (Phi) is 7.03. The number of thioether (sulfide) groups is 1. The Balaban J connectivity index is 2.23. The van der Waals surface area contributed by atoms with Gasteiger partial charge >= 0.3 is 0 Å². The quantitative estimate of drug-likeness (QED) is 0.581. The molecule has 0 aromatic heterocycles. The van der Waals surface area contributed by atoms with E-state index in [1.165, 1.54) is 23.9 Å². The molecule has 0 saturated carbocycles. The number of carbonyl (C=O) groups excluding carboxylic acids is 1. The molecule has 0 aliphatic heterocycles. The molecule has 1 rings (SSSR count). The molecule has 0 saturated heterocycles. The van der Waals surface area contributed by atoms with Crippen molar-refractivity contribution in [3.05, 3.63) is 39.9 Å². The molecule has 0 heterocycles. The molecule has 1 N–H and O–H groups in total. The van der Waals surface area contributed by atoms with Crippen molar-refractivity contribution in [2.45, 2.75) is 5.75 Å². The largest absolute Gasteiger partial charge is 0.354 e. The van der Waals surface area contributed by atoms with Gasteiger partial charge in [0, 0.05) is 31.0 Å². The minimum absolute atomic E-state index is 0.0127. The Hall–Kier alpha value is -1.60. The van der Waals surface area contributed by atoms with E-state index in [0.29, 0.717) is 18.1 Å². The lowest BCUT2D eigenvalue weighted by Crippen LogP contribution is -2.32. The Labute approximate surface area is 122 Å². The average Bonchev–Trinajstić information content (AvgIpc) is 2.39. The minimum atomic E-state index is -0.422. The van der Waals surface area contributed by atoms with Gasteiger partial charge in [-0.2, -0.15) is 0 Å². The molecule has 7 heteroatoms. The second-order valence-corrected chi connectivity index (χ2v) is 5.56. The molecular formula is C13H19N3O3S. The van der Waals surface area contributed by atoms with E-state index in [4.69, 9.17) is 0 Å². The number of hydrogen-bond donors (Lipinski definition) is 1. The van der Waals surface area contributed by atoms with Gasteiger partial charge < -0.3 is 10.2 Å². The van der Waals surface area contributed by atoms with Crippen LogP contribution in [0.15, 0.2) is 24.3 Å².